The maximum atomic E-state index is 11.4. The molecule has 1 saturated heterocycles. The summed E-state index contributed by atoms with van der Waals surface area (Å²) in [5.74, 6) is 1.11. The molecule has 2 N–H and O–H groups in total. The Bertz CT molecular complexity index is 767. The first-order valence-corrected chi connectivity index (χ1v) is 8.90. The molecule has 1 fully saturated rings. The van der Waals surface area contributed by atoms with Crippen LogP contribution in [-0.4, -0.2) is 46.6 Å². The van der Waals surface area contributed by atoms with E-state index in [1.165, 1.54) is 0 Å². The molecule has 1 unspecified atom stereocenters. The topological polar surface area (TPSA) is 84.6 Å². The van der Waals surface area contributed by atoms with Gasteiger partial charge in [0.2, 0.25) is 5.95 Å². The smallest absolute Gasteiger partial charge is 0.315 e. The molecule has 9 heteroatoms. The molecule has 1 aromatic carbocycles. The van der Waals surface area contributed by atoms with E-state index < -0.39 is 6.03 Å². The third kappa shape index (κ3) is 4.11. The molecule has 0 spiro atoms. The van der Waals surface area contributed by atoms with Gasteiger partial charge in [0.15, 0.2) is 5.75 Å². The molecule has 138 valence electrons. The van der Waals surface area contributed by atoms with Crippen LogP contribution < -0.4 is 15.4 Å². The molecule has 3 rings (SSSR count). The molecule has 2 amide bonds. The summed E-state index contributed by atoms with van der Waals surface area (Å²) in [6, 6.07) is 4.91. The lowest BCUT2D eigenvalue weighted by Crippen LogP contribution is -2.55. The summed E-state index contributed by atoms with van der Waals surface area (Å²) in [6.45, 7) is 3.97. The van der Waals surface area contributed by atoms with Gasteiger partial charge in [-0.3, -0.25) is 0 Å². The fourth-order valence-electron chi connectivity index (χ4n) is 2.84. The summed E-state index contributed by atoms with van der Waals surface area (Å²) in [6.07, 6.45) is 3.22. The molecule has 2 aromatic rings. The van der Waals surface area contributed by atoms with E-state index in [4.69, 9.17) is 33.7 Å². The Hall–Kier alpha value is -2.25. The van der Waals surface area contributed by atoms with Crippen LogP contribution in [-0.2, 0) is 6.61 Å². The predicted octanol–water partition coefficient (Wildman–Crippen LogP) is 2.95. The average molecular weight is 396 g/mol. The lowest BCUT2D eigenvalue weighted by Gasteiger charge is -2.38. The van der Waals surface area contributed by atoms with E-state index in [1.807, 2.05) is 11.8 Å². The van der Waals surface area contributed by atoms with Crippen LogP contribution in [0.3, 0.4) is 0 Å². The predicted molar refractivity (Wildman–Crippen MR) is 101 cm³/mol. The van der Waals surface area contributed by atoms with Gasteiger partial charge in [0.25, 0.3) is 0 Å². The average Bonchev–Trinajstić information content (AvgIpc) is 2.61. The van der Waals surface area contributed by atoms with Crippen LogP contribution in [0.2, 0.25) is 10.0 Å². The number of hydrogen-bond donors (Lipinski definition) is 1. The second-order valence-electron chi connectivity index (χ2n) is 6.03. The van der Waals surface area contributed by atoms with Gasteiger partial charge < -0.3 is 20.3 Å². The number of hydrogen-bond acceptors (Lipinski definition) is 5. The number of aromatic nitrogens is 2. The van der Waals surface area contributed by atoms with Gasteiger partial charge in [-0.1, -0.05) is 29.3 Å². The maximum Gasteiger partial charge on any atom is 0.315 e. The summed E-state index contributed by atoms with van der Waals surface area (Å²) >= 11 is 12.3. The van der Waals surface area contributed by atoms with E-state index >= 15 is 0 Å². The minimum Gasteiger partial charge on any atom is -0.486 e. The third-order valence-corrected chi connectivity index (χ3v) is 4.96. The van der Waals surface area contributed by atoms with Crippen LogP contribution in [0.15, 0.2) is 30.6 Å². The molecule has 2 heterocycles. The van der Waals surface area contributed by atoms with E-state index in [1.54, 1.807) is 35.5 Å². The highest BCUT2D eigenvalue weighted by atomic mass is 35.5. The second-order valence-corrected chi connectivity index (χ2v) is 6.85. The number of rotatable bonds is 4. The fraction of sp³-hybridized carbons (Fsp3) is 0.353. The van der Waals surface area contributed by atoms with E-state index in [0.29, 0.717) is 41.4 Å². The van der Waals surface area contributed by atoms with Gasteiger partial charge in [-0.25, -0.2) is 14.8 Å². The number of nitrogens with zero attached hydrogens (tertiary/aromatic N) is 4. The highest BCUT2D eigenvalue weighted by Crippen LogP contribution is 2.26. The normalized spacial score (nSPS) is 17.3. The van der Waals surface area contributed by atoms with Gasteiger partial charge in [0.05, 0.1) is 12.4 Å². The number of anilines is 1. The number of benzene rings is 1. The molecular weight excluding hydrogens is 377 g/mol. The van der Waals surface area contributed by atoms with Gasteiger partial charge in [-0.05, 0) is 19.1 Å². The highest BCUT2D eigenvalue weighted by Gasteiger charge is 2.27. The van der Waals surface area contributed by atoms with E-state index in [-0.39, 0.29) is 12.6 Å². The van der Waals surface area contributed by atoms with Gasteiger partial charge in [-0.2, -0.15) is 0 Å². The Kier molecular flexibility index (Phi) is 5.68. The monoisotopic (exact) mass is 395 g/mol. The van der Waals surface area contributed by atoms with Gasteiger partial charge in [0.1, 0.15) is 6.61 Å². The number of nitrogens with two attached hydrogens (primary N) is 1. The van der Waals surface area contributed by atoms with Crippen LogP contribution in [0, 0.1) is 0 Å². The molecule has 1 aliphatic heterocycles. The van der Waals surface area contributed by atoms with Crippen molar-refractivity contribution in [3.8, 4) is 5.75 Å². The zero-order chi connectivity index (χ0) is 18.7. The lowest BCUT2D eigenvalue weighted by atomic mass is 10.2. The number of piperazine rings is 1. The molecule has 1 aromatic heterocycles. The quantitative estimate of drug-likeness (QED) is 0.859. The standard InChI is InChI=1S/C17H19Cl2N5O2/c1-11-9-23(5-6-24(11)16(20)25)17-21-7-12(8-22-17)26-10-13-14(18)3-2-4-15(13)19/h2-4,7-8,11H,5-6,9-10H2,1H3,(H2,20,25). The van der Waals surface area contributed by atoms with Crippen molar-refractivity contribution in [3.63, 3.8) is 0 Å². The molecule has 0 radical (unpaired) electrons. The first-order chi connectivity index (χ1) is 12.5. The Morgan fingerprint density at radius 2 is 1.92 bits per heavy atom. The number of carbonyl (C=O) groups excluding carboxylic acids is 1. The van der Waals surface area contributed by atoms with Crippen molar-refractivity contribution in [3.05, 3.63) is 46.2 Å². The molecule has 0 bridgehead atoms. The van der Waals surface area contributed by atoms with Crippen molar-refractivity contribution in [1.29, 1.82) is 0 Å². The molecular formula is C17H19Cl2N5O2. The van der Waals surface area contributed by atoms with Crippen molar-refractivity contribution < 1.29 is 9.53 Å². The number of carbonyl (C=O) groups is 1. The maximum absolute atomic E-state index is 11.4. The van der Waals surface area contributed by atoms with Gasteiger partial charge in [0, 0.05) is 41.3 Å². The summed E-state index contributed by atoms with van der Waals surface area (Å²) in [7, 11) is 0. The van der Waals surface area contributed by atoms with Crippen molar-refractivity contribution in [1.82, 2.24) is 14.9 Å². The van der Waals surface area contributed by atoms with Crippen molar-refractivity contribution in [2.45, 2.75) is 19.6 Å². The molecule has 1 aliphatic rings. The Morgan fingerprint density at radius 1 is 1.27 bits per heavy atom. The summed E-state index contributed by atoms with van der Waals surface area (Å²) in [4.78, 5) is 23.7. The zero-order valence-electron chi connectivity index (χ0n) is 14.2. The van der Waals surface area contributed by atoms with Gasteiger partial charge >= 0.3 is 6.03 Å². The fourth-order valence-corrected chi connectivity index (χ4v) is 3.35. The zero-order valence-corrected chi connectivity index (χ0v) is 15.7. The van der Waals surface area contributed by atoms with Crippen molar-refractivity contribution in [2.75, 3.05) is 24.5 Å². The molecule has 0 saturated carbocycles. The lowest BCUT2D eigenvalue weighted by molar-refractivity contribution is 0.180. The largest absolute Gasteiger partial charge is 0.486 e. The Labute approximate surface area is 161 Å². The number of urea groups is 1. The molecule has 26 heavy (non-hydrogen) atoms. The van der Waals surface area contributed by atoms with Crippen molar-refractivity contribution in [2.24, 2.45) is 5.73 Å². The molecule has 7 nitrogen and oxygen atoms in total. The molecule has 0 aliphatic carbocycles. The SMILES string of the molecule is CC1CN(c2ncc(OCc3c(Cl)cccc3Cl)cn2)CCN1C(N)=O. The van der Waals surface area contributed by atoms with Gasteiger partial charge in [-0.15, -0.1) is 0 Å². The van der Waals surface area contributed by atoms with Crippen molar-refractivity contribution >= 4 is 35.2 Å². The first kappa shape index (κ1) is 18.5. The first-order valence-electron chi connectivity index (χ1n) is 8.14. The van der Waals surface area contributed by atoms with E-state index in [2.05, 4.69) is 9.97 Å². The highest BCUT2D eigenvalue weighted by molar-refractivity contribution is 6.35. The molecule has 1 atom stereocenters. The van der Waals surface area contributed by atoms with Crippen LogP contribution in [0.5, 0.6) is 5.75 Å². The minimum atomic E-state index is -0.403. The summed E-state index contributed by atoms with van der Waals surface area (Å²) < 4.78 is 5.68. The summed E-state index contributed by atoms with van der Waals surface area (Å²) in [5, 5.41) is 1.10. The number of amides is 2. The number of ether oxygens (including phenoxy) is 1. The number of halogens is 2. The van der Waals surface area contributed by atoms with Crippen LogP contribution in [0.1, 0.15) is 12.5 Å². The van der Waals surface area contributed by atoms with Crippen LogP contribution >= 0.6 is 23.2 Å². The van der Waals surface area contributed by atoms with E-state index in [0.717, 1.165) is 5.56 Å². The summed E-state index contributed by atoms with van der Waals surface area (Å²) in [5.41, 5.74) is 6.08. The third-order valence-electron chi connectivity index (χ3n) is 4.25. The van der Waals surface area contributed by atoms with E-state index in [9.17, 15) is 4.79 Å². The minimum absolute atomic E-state index is 0.00291. The Balaban J connectivity index is 1.61. The Morgan fingerprint density at radius 3 is 2.50 bits per heavy atom. The van der Waals surface area contributed by atoms with Crippen LogP contribution in [0.4, 0.5) is 10.7 Å². The van der Waals surface area contributed by atoms with Crippen LogP contribution in [0.25, 0.3) is 0 Å². The second kappa shape index (κ2) is 7.97. The number of primary amides is 1.